The van der Waals surface area contributed by atoms with E-state index in [1.54, 1.807) is 0 Å². The molecule has 1 nitrogen and oxygen atoms in total. The monoisotopic (exact) mass is 136 g/mol. The Balaban J connectivity index is 2.26. The van der Waals surface area contributed by atoms with E-state index in [1.807, 2.05) is 6.11 Å². The van der Waals surface area contributed by atoms with E-state index in [9.17, 15) is 0 Å². The van der Waals surface area contributed by atoms with Gasteiger partial charge >= 0.3 is 0 Å². The van der Waals surface area contributed by atoms with Gasteiger partial charge in [-0.15, -0.1) is 0 Å². The van der Waals surface area contributed by atoms with E-state index < -0.39 is 0 Å². The lowest BCUT2D eigenvalue weighted by Gasteiger charge is -2.13. The summed E-state index contributed by atoms with van der Waals surface area (Å²) in [5.74, 6) is 3.37. The van der Waals surface area contributed by atoms with Crippen molar-refractivity contribution in [3.8, 4) is 12.0 Å². The lowest BCUT2D eigenvalue weighted by atomic mass is 9.92. The molecular formula is C9H12O. The van der Waals surface area contributed by atoms with Crippen LogP contribution in [0.5, 0.6) is 0 Å². The highest BCUT2D eigenvalue weighted by molar-refractivity contribution is 4.97. The lowest BCUT2D eigenvalue weighted by Crippen LogP contribution is -2.00. The molecule has 1 aliphatic carbocycles. The lowest BCUT2D eigenvalue weighted by molar-refractivity contribution is 0.483. The summed E-state index contributed by atoms with van der Waals surface area (Å²) in [6.45, 7) is 0. The fourth-order valence-corrected chi connectivity index (χ4v) is 1.23. The fraction of sp³-hybridized carbons (Fsp3) is 0.556. The summed E-state index contributed by atoms with van der Waals surface area (Å²) in [4.78, 5) is 0. The zero-order chi connectivity index (χ0) is 7.23. The second kappa shape index (κ2) is 4.00. The predicted octanol–water partition coefficient (Wildman–Crippen LogP) is 2.07. The quantitative estimate of drug-likeness (QED) is 0.432. The first kappa shape index (κ1) is 7.21. The van der Waals surface area contributed by atoms with E-state index in [2.05, 4.69) is 18.1 Å². The summed E-state index contributed by atoms with van der Waals surface area (Å²) in [5, 5.41) is 8.22. The molecule has 0 heterocycles. The molecule has 1 heteroatoms. The summed E-state index contributed by atoms with van der Waals surface area (Å²) in [7, 11) is 0. The van der Waals surface area contributed by atoms with Crippen LogP contribution >= 0.6 is 0 Å². The molecule has 1 unspecified atom stereocenters. The summed E-state index contributed by atoms with van der Waals surface area (Å²) in [6.07, 6.45) is 10.7. The Kier molecular flexibility index (Phi) is 2.89. The molecule has 0 saturated carbocycles. The number of hydrogen-bond donors (Lipinski definition) is 1. The molecular weight excluding hydrogens is 124 g/mol. The third-order valence-corrected chi connectivity index (χ3v) is 1.85. The molecule has 1 atom stereocenters. The molecule has 0 radical (unpaired) electrons. The van der Waals surface area contributed by atoms with Crippen molar-refractivity contribution in [1.82, 2.24) is 0 Å². The zero-order valence-electron chi connectivity index (χ0n) is 6.01. The Morgan fingerprint density at radius 3 is 3.00 bits per heavy atom. The van der Waals surface area contributed by atoms with Crippen molar-refractivity contribution >= 4 is 0 Å². The smallest absolute Gasteiger partial charge is 0.107 e. The summed E-state index contributed by atoms with van der Waals surface area (Å²) < 4.78 is 0. The van der Waals surface area contributed by atoms with Crippen LogP contribution in [0.4, 0.5) is 0 Å². The molecule has 1 N–H and O–H groups in total. The highest BCUT2D eigenvalue weighted by atomic mass is 16.2. The average Bonchev–Trinajstić information content (AvgIpc) is 2.03. The van der Waals surface area contributed by atoms with E-state index in [4.69, 9.17) is 5.11 Å². The number of allylic oxidation sites excluding steroid dienone is 2. The van der Waals surface area contributed by atoms with Crippen LogP contribution in [0.2, 0.25) is 0 Å². The van der Waals surface area contributed by atoms with E-state index in [-0.39, 0.29) is 0 Å². The van der Waals surface area contributed by atoms with Gasteiger partial charge in [-0.2, -0.15) is 0 Å². The SMILES string of the molecule is OC#CCC1CC=CCC1. The first-order valence-corrected chi connectivity index (χ1v) is 3.70. The molecule has 1 rings (SSSR count). The van der Waals surface area contributed by atoms with Gasteiger partial charge in [0.1, 0.15) is 6.11 Å². The van der Waals surface area contributed by atoms with E-state index >= 15 is 0 Å². The van der Waals surface area contributed by atoms with Crippen LogP contribution < -0.4 is 0 Å². The molecule has 0 aromatic rings. The number of hydrogen-bond acceptors (Lipinski definition) is 1. The molecule has 54 valence electrons. The molecule has 10 heavy (non-hydrogen) atoms. The van der Waals surface area contributed by atoms with Gasteiger partial charge in [-0.25, -0.2) is 0 Å². The highest BCUT2D eigenvalue weighted by Crippen LogP contribution is 2.20. The van der Waals surface area contributed by atoms with Crippen molar-refractivity contribution in [2.45, 2.75) is 25.7 Å². The van der Waals surface area contributed by atoms with Crippen LogP contribution in [0.15, 0.2) is 12.2 Å². The minimum Gasteiger partial charge on any atom is -0.462 e. The Morgan fingerprint density at radius 2 is 2.40 bits per heavy atom. The van der Waals surface area contributed by atoms with E-state index in [0.29, 0.717) is 5.92 Å². The van der Waals surface area contributed by atoms with Gasteiger partial charge in [-0.1, -0.05) is 18.1 Å². The van der Waals surface area contributed by atoms with Gasteiger partial charge in [0.05, 0.1) is 0 Å². The maximum Gasteiger partial charge on any atom is 0.107 e. The van der Waals surface area contributed by atoms with Crippen LogP contribution in [0.25, 0.3) is 0 Å². The van der Waals surface area contributed by atoms with Gasteiger partial charge in [-0.05, 0) is 25.2 Å². The van der Waals surface area contributed by atoms with Crippen LogP contribution in [0.3, 0.4) is 0 Å². The topological polar surface area (TPSA) is 20.2 Å². The van der Waals surface area contributed by atoms with Gasteiger partial charge in [0.25, 0.3) is 0 Å². The van der Waals surface area contributed by atoms with E-state index in [1.165, 1.54) is 12.8 Å². The maximum absolute atomic E-state index is 8.22. The number of rotatable bonds is 1. The first-order valence-electron chi connectivity index (χ1n) is 3.70. The standard InChI is InChI=1S/C9H12O/c10-8-4-7-9-5-2-1-3-6-9/h1-2,9-10H,3,5-7H2. The number of aliphatic hydroxyl groups is 1. The van der Waals surface area contributed by atoms with Crippen molar-refractivity contribution in [2.75, 3.05) is 0 Å². The van der Waals surface area contributed by atoms with Crippen LogP contribution in [-0.2, 0) is 0 Å². The maximum atomic E-state index is 8.22. The first-order chi connectivity index (χ1) is 4.93. The van der Waals surface area contributed by atoms with Crippen molar-refractivity contribution in [1.29, 1.82) is 0 Å². The molecule has 0 aromatic heterocycles. The highest BCUT2D eigenvalue weighted by Gasteiger charge is 2.06. The van der Waals surface area contributed by atoms with Crippen molar-refractivity contribution in [3.05, 3.63) is 12.2 Å². The minimum absolute atomic E-state index is 0.685. The van der Waals surface area contributed by atoms with E-state index in [0.717, 1.165) is 12.8 Å². The van der Waals surface area contributed by atoms with Crippen molar-refractivity contribution < 1.29 is 5.11 Å². The second-order valence-corrected chi connectivity index (χ2v) is 2.64. The third kappa shape index (κ3) is 2.14. The van der Waals surface area contributed by atoms with Crippen LogP contribution in [0, 0.1) is 17.9 Å². The summed E-state index contributed by atoms with van der Waals surface area (Å²) in [5.41, 5.74) is 0. The molecule has 0 fully saturated rings. The molecule has 0 amide bonds. The van der Waals surface area contributed by atoms with Crippen LogP contribution in [0.1, 0.15) is 25.7 Å². The van der Waals surface area contributed by atoms with Gasteiger partial charge in [-0.3, -0.25) is 0 Å². The van der Waals surface area contributed by atoms with Gasteiger partial charge < -0.3 is 5.11 Å². The second-order valence-electron chi connectivity index (χ2n) is 2.64. The molecule has 0 bridgehead atoms. The zero-order valence-corrected chi connectivity index (χ0v) is 6.01. The predicted molar refractivity (Wildman–Crippen MR) is 40.8 cm³/mol. The number of aliphatic hydroxyl groups excluding tert-OH is 1. The minimum atomic E-state index is 0.685. The van der Waals surface area contributed by atoms with Gasteiger partial charge in [0, 0.05) is 6.42 Å². The summed E-state index contributed by atoms with van der Waals surface area (Å²) in [6, 6.07) is 0. The molecule has 0 spiro atoms. The van der Waals surface area contributed by atoms with Crippen molar-refractivity contribution in [3.63, 3.8) is 0 Å². The Hall–Kier alpha value is -0.900. The van der Waals surface area contributed by atoms with Gasteiger partial charge in [0.2, 0.25) is 0 Å². The molecule has 0 saturated heterocycles. The Morgan fingerprint density at radius 1 is 1.50 bits per heavy atom. The van der Waals surface area contributed by atoms with Crippen LogP contribution in [-0.4, -0.2) is 5.11 Å². The Bertz CT molecular complexity index is 171. The van der Waals surface area contributed by atoms with Gasteiger partial charge in [0.15, 0.2) is 0 Å². The summed E-state index contributed by atoms with van der Waals surface area (Å²) >= 11 is 0. The Labute approximate surface area is 61.8 Å². The normalized spacial score (nSPS) is 23.4. The molecule has 1 aliphatic rings. The molecule has 0 aromatic carbocycles. The largest absolute Gasteiger partial charge is 0.462 e. The average molecular weight is 136 g/mol. The molecule has 0 aliphatic heterocycles. The fourth-order valence-electron chi connectivity index (χ4n) is 1.23. The third-order valence-electron chi connectivity index (χ3n) is 1.85. The van der Waals surface area contributed by atoms with Crippen molar-refractivity contribution in [2.24, 2.45) is 5.92 Å².